The van der Waals surface area contributed by atoms with E-state index in [-0.39, 0.29) is 58.2 Å². The molecule has 194 valence electrons. The third-order valence-electron chi connectivity index (χ3n) is 5.90. The summed E-state index contributed by atoms with van der Waals surface area (Å²) in [4.78, 5) is 14.7. The molecule has 1 amide bonds. The molecule has 36 heavy (non-hydrogen) atoms. The lowest BCUT2D eigenvalue weighted by Crippen LogP contribution is -2.46. The van der Waals surface area contributed by atoms with Gasteiger partial charge in [-0.3, -0.25) is 4.79 Å². The molecule has 0 fully saturated rings. The number of thiophene rings is 1. The van der Waals surface area contributed by atoms with Crippen molar-refractivity contribution in [3.8, 4) is 0 Å². The molecule has 0 radical (unpaired) electrons. The number of hydrogen-bond acceptors (Lipinski definition) is 8. The summed E-state index contributed by atoms with van der Waals surface area (Å²) in [7, 11) is -7.88. The summed E-state index contributed by atoms with van der Waals surface area (Å²) < 4.78 is 68.5. The van der Waals surface area contributed by atoms with E-state index in [0.717, 1.165) is 17.6 Å². The molecule has 4 rings (SSSR count). The average molecular weight is 557 g/mol. The van der Waals surface area contributed by atoms with Gasteiger partial charge in [-0.2, -0.15) is 8.42 Å². The number of anilines is 1. The quantitative estimate of drug-likeness (QED) is 0.475. The van der Waals surface area contributed by atoms with E-state index in [1.807, 2.05) is 13.8 Å². The van der Waals surface area contributed by atoms with Gasteiger partial charge in [-0.15, -0.1) is 15.7 Å². The Morgan fingerprint density at radius 1 is 1.31 bits per heavy atom. The molecule has 2 aliphatic heterocycles. The third kappa shape index (κ3) is 5.31. The second-order valence-corrected chi connectivity index (χ2v) is 13.2. The molecular weight excluding hydrogens is 531 g/mol. The molecule has 0 saturated heterocycles. The molecule has 1 aromatic carbocycles. The van der Waals surface area contributed by atoms with Crippen molar-refractivity contribution in [3.05, 3.63) is 57.9 Å². The van der Waals surface area contributed by atoms with Crippen LogP contribution in [-0.4, -0.2) is 51.4 Å². The Morgan fingerprint density at radius 3 is 2.58 bits per heavy atom. The number of carbonyl (C=O) groups excluding carboxylic acids is 1. The van der Waals surface area contributed by atoms with Crippen LogP contribution >= 0.6 is 11.3 Å². The van der Waals surface area contributed by atoms with E-state index >= 15 is 0 Å². The zero-order valence-electron chi connectivity index (χ0n) is 19.6. The summed E-state index contributed by atoms with van der Waals surface area (Å²) in [5.74, 6) is -2.16. The van der Waals surface area contributed by atoms with Gasteiger partial charge in [-0.25, -0.2) is 17.5 Å². The summed E-state index contributed by atoms with van der Waals surface area (Å²) in [6.07, 6.45) is 0.960. The van der Waals surface area contributed by atoms with Crippen LogP contribution in [0, 0.1) is 17.7 Å². The number of sulfonamides is 2. The van der Waals surface area contributed by atoms with Gasteiger partial charge in [0.2, 0.25) is 10.0 Å². The first kappa shape index (κ1) is 26.3. The van der Waals surface area contributed by atoms with Crippen molar-refractivity contribution in [2.45, 2.75) is 31.8 Å². The van der Waals surface area contributed by atoms with Crippen molar-refractivity contribution in [2.24, 2.45) is 16.2 Å². The van der Waals surface area contributed by atoms with Crippen LogP contribution in [0.4, 0.5) is 9.39 Å². The molecule has 0 saturated carbocycles. The van der Waals surface area contributed by atoms with Crippen molar-refractivity contribution in [1.82, 2.24) is 9.62 Å². The van der Waals surface area contributed by atoms with Crippen LogP contribution in [0.25, 0.3) is 0 Å². The number of amides is 1. The molecule has 2 aliphatic rings. The molecule has 14 heteroatoms. The molecule has 10 nitrogen and oxygen atoms in total. The Bertz CT molecular complexity index is 1480. The second kappa shape index (κ2) is 9.57. The Kier molecular flexibility index (Phi) is 6.98. The van der Waals surface area contributed by atoms with Crippen molar-refractivity contribution in [3.63, 3.8) is 0 Å². The maximum absolute atomic E-state index is 13.5. The number of amidine groups is 1. The van der Waals surface area contributed by atoms with E-state index in [1.165, 1.54) is 22.4 Å². The minimum Gasteiger partial charge on any atom is -0.511 e. The highest BCUT2D eigenvalue weighted by Gasteiger charge is 2.41. The first-order chi connectivity index (χ1) is 16.8. The van der Waals surface area contributed by atoms with Gasteiger partial charge in [0.05, 0.1) is 6.26 Å². The summed E-state index contributed by atoms with van der Waals surface area (Å²) in [5, 5.41) is 15.5. The predicted octanol–water partition coefficient (Wildman–Crippen LogP) is 2.58. The van der Waals surface area contributed by atoms with Crippen LogP contribution in [0.1, 0.15) is 25.0 Å². The number of nitrogens with zero attached hydrogens (tertiary/aromatic N) is 2. The van der Waals surface area contributed by atoms with Crippen molar-refractivity contribution in [1.29, 1.82) is 0 Å². The van der Waals surface area contributed by atoms with E-state index in [2.05, 4.69) is 14.4 Å². The Morgan fingerprint density at radius 2 is 1.97 bits per heavy atom. The fourth-order valence-corrected chi connectivity index (χ4v) is 7.07. The van der Waals surface area contributed by atoms with Gasteiger partial charge in [0.25, 0.3) is 15.9 Å². The number of hydrogen-bond donors (Lipinski definition) is 3. The Hall–Kier alpha value is -2.81. The molecule has 1 aromatic heterocycles. The standard InChI is InChI=1S/C22H25FN4O6S3/c1-12(2)16-10-27(9-13-4-6-15(23)7-5-13)22(29)17(18(16)28)20-25-21-19(36(32,33)26-20)14(11-34-21)8-24-35(3,30)31/h4-7,11-12,16,24,28H,8-10H2,1-3H3,(H,25,26). The Balaban J connectivity index is 1.71. The minimum absolute atomic E-state index is 0.0874. The summed E-state index contributed by atoms with van der Waals surface area (Å²) in [5.41, 5.74) is 0.630. The van der Waals surface area contributed by atoms with Gasteiger partial charge in [-0.05, 0) is 29.0 Å². The van der Waals surface area contributed by atoms with Gasteiger partial charge in [0.15, 0.2) is 5.84 Å². The number of aliphatic hydroxyl groups is 1. The van der Waals surface area contributed by atoms with E-state index in [9.17, 15) is 31.1 Å². The SMILES string of the molecule is CC(C)C1CN(Cc2ccc(F)cc2)C(=O)C(C2=NS(=O)(=O)c3c(CNS(C)(=O)=O)csc3N2)=C1O. The molecular formula is C22H25FN4O6S3. The van der Waals surface area contributed by atoms with Gasteiger partial charge >= 0.3 is 0 Å². The van der Waals surface area contributed by atoms with Gasteiger partial charge in [-0.1, -0.05) is 26.0 Å². The first-order valence-electron chi connectivity index (χ1n) is 10.9. The normalized spacial score (nSPS) is 19.8. The van der Waals surface area contributed by atoms with E-state index < -0.39 is 37.7 Å². The Labute approximate surface area is 212 Å². The van der Waals surface area contributed by atoms with Crippen molar-refractivity contribution in [2.75, 3.05) is 18.1 Å². The van der Waals surface area contributed by atoms with Crippen LogP contribution in [-0.2, 0) is 37.9 Å². The maximum atomic E-state index is 13.5. The number of halogens is 1. The van der Waals surface area contributed by atoms with E-state index in [4.69, 9.17) is 0 Å². The number of benzene rings is 1. The first-order valence-corrected chi connectivity index (χ1v) is 15.1. The number of fused-ring (bicyclic) bond motifs is 1. The lowest BCUT2D eigenvalue weighted by Gasteiger charge is -2.36. The fourth-order valence-electron chi connectivity index (χ4n) is 4.04. The molecule has 3 heterocycles. The number of nitrogens with one attached hydrogen (secondary N) is 2. The lowest BCUT2D eigenvalue weighted by molar-refractivity contribution is -0.129. The highest BCUT2D eigenvalue weighted by molar-refractivity contribution is 7.91. The number of aliphatic hydroxyl groups excluding tert-OH is 1. The zero-order chi connectivity index (χ0) is 26.4. The molecule has 0 spiro atoms. The van der Waals surface area contributed by atoms with Gasteiger partial charge in [0, 0.05) is 31.1 Å². The number of rotatable bonds is 7. The van der Waals surface area contributed by atoms with Crippen molar-refractivity contribution < 1.29 is 31.1 Å². The molecule has 2 aromatic rings. The monoisotopic (exact) mass is 556 g/mol. The molecule has 3 N–H and O–H groups in total. The van der Waals surface area contributed by atoms with Gasteiger partial charge in [0.1, 0.15) is 27.0 Å². The smallest absolute Gasteiger partial charge is 0.287 e. The molecule has 1 atom stereocenters. The largest absolute Gasteiger partial charge is 0.511 e. The second-order valence-electron chi connectivity index (χ2n) is 8.98. The van der Waals surface area contributed by atoms with Gasteiger partial charge < -0.3 is 15.3 Å². The highest BCUT2D eigenvalue weighted by Crippen LogP contribution is 2.39. The van der Waals surface area contributed by atoms with Crippen LogP contribution in [0.5, 0.6) is 0 Å². The van der Waals surface area contributed by atoms with Crippen molar-refractivity contribution >= 4 is 48.1 Å². The maximum Gasteiger partial charge on any atom is 0.287 e. The summed E-state index contributed by atoms with van der Waals surface area (Å²) in [6, 6.07) is 5.67. The fraction of sp³-hybridized carbons (Fsp3) is 0.364. The average Bonchev–Trinajstić information content (AvgIpc) is 3.19. The highest BCUT2D eigenvalue weighted by atomic mass is 32.2. The van der Waals surface area contributed by atoms with Crippen LogP contribution in [0.3, 0.4) is 0 Å². The van der Waals surface area contributed by atoms with E-state index in [1.54, 1.807) is 12.1 Å². The summed E-state index contributed by atoms with van der Waals surface area (Å²) in [6.45, 7) is 3.81. The van der Waals surface area contributed by atoms with Crippen LogP contribution in [0.15, 0.2) is 50.3 Å². The lowest BCUT2D eigenvalue weighted by atomic mass is 9.86. The topological polar surface area (TPSA) is 145 Å². The molecule has 0 aliphatic carbocycles. The van der Waals surface area contributed by atoms with Crippen LogP contribution < -0.4 is 10.0 Å². The molecule has 1 unspecified atom stereocenters. The summed E-state index contributed by atoms with van der Waals surface area (Å²) >= 11 is 1.02. The zero-order valence-corrected chi connectivity index (χ0v) is 22.1. The number of carbonyl (C=O) groups is 1. The van der Waals surface area contributed by atoms with E-state index in [0.29, 0.717) is 5.56 Å². The minimum atomic E-state index is -4.32. The van der Waals surface area contributed by atoms with Crippen LogP contribution in [0.2, 0.25) is 0 Å². The molecule has 0 bridgehead atoms. The predicted molar refractivity (Wildman–Crippen MR) is 134 cm³/mol. The third-order valence-corrected chi connectivity index (χ3v) is 9.04.